The molecule has 14 heavy (non-hydrogen) atoms. The molecule has 6 nitrogen and oxygen atoms in total. The van der Waals surface area contributed by atoms with Crippen LogP contribution in [0, 0.1) is 0 Å². The van der Waals surface area contributed by atoms with Gasteiger partial charge in [-0.25, -0.2) is 13.1 Å². The minimum atomic E-state index is -3.62. The molecule has 2 atom stereocenters. The van der Waals surface area contributed by atoms with Crippen molar-refractivity contribution in [1.82, 2.24) is 4.72 Å². The summed E-state index contributed by atoms with van der Waals surface area (Å²) in [6.45, 7) is 2.74. The van der Waals surface area contributed by atoms with Crippen molar-refractivity contribution < 1.29 is 23.1 Å². The number of hydrogen-bond donors (Lipinski definition) is 2. The van der Waals surface area contributed by atoms with Gasteiger partial charge in [0.25, 0.3) is 0 Å². The highest BCUT2D eigenvalue weighted by Gasteiger charge is 2.25. The minimum absolute atomic E-state index is 0.0294. The Morgan fingerprint density at radius 1 is 1.50 bits per heavy atom. The summed E-state index contributed by atoms with van der Waals surface area (Å²) >= 11 is 0. The van der Waals surface area contributed by atoms with Gasteiger partial charge >= 0.3 is 5.97 Å². The molecule has 0 aromatic rings. The molecule has 0 aromatic carbocycles. The average molecular weight is 225 g/mol. The van der Waals surface area contributed by atoms with E-state index >= 15 is 0 Å². The molecule has 84 valence electrons. The summed E-state index contributed by atoms with van der Waals surface area (Å²) in [4.78, 5) is 10.4. The van der Waals surface area contributed by atoms with E-state index in [1.807, 2.05) is 4.72 Å². The third-order valence-corrected chi connectivity index (χ3v) is 3.52. The fourth-order valence-corrected chi connectivity index (χ4v) is 1.88. The van der Waals surface area contributed by atoms with Gasteiger partial charge in [-0.1, -0.05) is 0 Å². The van der Waals surface area contributed by atoms with Gasteiger partial charge in [-0.15, -0.1) is 0 Å². The highest BCUT2D eigenvalue weighted by atomic mass is 32.2. The van der Waals surface area contributed by atoms with Crippen LogP contribution < -0.4 is 4.72 Å². The Morgan fingerprint density at radius 3 is 2.36 bits per heavy atom. The lowest BCUT2D eigenvalue weighted by molar-refractivity contribution is -0.138. The molecule has 0 aliphatic rings. The number of methoxy groups -OCH3 is 1. The summed E-state index contributed by atoms with van der Waals surface area (Å²) in [5, 5.41) is 7.73. The fourth-order valence-electron chi connectivity index (χ4n) is 0.737. The van der Waals surface area contributed by atoms with Crippen molar-refractivity contribution in [2.45, 2.75) is 25.1 Å². The van der Waals surface area contributed by atoms with Gasteiger partial charge in [0.2, 0.25) is 10.0 Å². The van der Waals surface area contributed by atoms with Crippen LogP contribution in [0.1, 0.15) is 13.8 Å². The molecule has 0 rings (SSSR count). The van der Waals surface area contributed by atoms with E-state index in [1.54, 1.807) is 0 Å². The number of sulfonamides is 1. The van der Waals surface area contributed by atoms with Crippen LogP contribution in [0.15, 0.2) is 0 Å². The van der Waals surface area contributed by atoms with Gasteiger partial charge in [-0.05, 0) is 13.8 Å². The normalized spacial score (nSPS) is 16.2. The SMILES string of the molecule is COCC(C)S(=O)(=O)NC(C)C(=O)O. The number of rotatable bonds is 6. The van der Waals surface area contributed by atoms with Gasteiger partial charge in [-0.2, -0.15) is 0 Å². The fraction of sp³-hybridized carbons (Fsp3) is 0.857. The van der Waals surface area contributed by atoms with Crippen LogP contribution in [0.25, 0.3) is 0 Å². The Morgan fingerprint density at radius 2 is 2.00 bits per heavy atom. The summed E-state index contributed by atoms with van der Waals surface area (Å²) in [5.74, 6) is -1.21. The smallest absolute Gasteiger partial charge is 0.321 e. The zero-order valence-electron chi connectivity index (χ0n) is 8.35. The highest BCUT2D eigenvalue weighted by molar-refractivity contribution is 7.90. The van der Waals surface area contributed by atoms with Crippen LogP contribution in [0.5, 0.6) is 0 Å². The molecule has 0 saturated heterocycles. The molecule has 0 fully saturated rings. The second-order valence-electron chi connectivity index (χ2n) is 2.99. The molecule has 7 heteroatoms. The predicted molar refractivity (Wildman–Crippen MR) is 50.5 cm³/mol. The summed E-state index contributed by atoms with van der Waals surface area (Å²) in [7, 11) is -2.24. The van der Waals surface area contributed by atoms with Crippen LogP contribution in [0.2, 0.25) is 0 Å². The van der Waals surface area contributed by atoms with Gasteiger partial charge in [0.1, 0.15) is 6.04 Å². The number of nitrogens with one attached hydrogen (secondary N) is 1. The van der Waals surface area contributed by atoms with E-state index < -0.39 is 27.3 Å². The average Bonchev–Trinajstić information content (AvgIpc) is 2.03. The first-order valence-corrected chi connectivity index (χ1v) is 5.58. The predicted octanol–water partition coefficient (Wildman–Crippen LogP) is -0.586. The van der Waals surface area contributed by atoms with E-state index in [1.165, 1.54) is 21.0 Å². The van der Waals surface area contributed by atoms with E-state index in [-0.39, 0.29) is 6.61 Å². The van der Waals surface area contributed by atoms with Crippen molar-refractivity contribution in [1.29, 1.82) is 0 Å². The zero-order chi connectivity index (χ0) is 11.4. The molecule has 0 aromatic heterocycles. The maximum absolute atomic E-state index is 11.4. The molecule has 0 aliphatic heterocycles. The van der Waals surface area contributed by atoms with Gasteiger partial charge in [0, 0.05) is 7.11 Å². The van der Waals surface area contributed by atoms with E-state index in [9.17, 15) is 13.2 Å². The van der Waals surface area contributed by atoms with Crippen molar-refractivity contribution >= 4 is 16.0 Å². The lowest BCUT2D eigenvalue weighted by atomic mass is 10.4. The Balaban J connectivity index is 4.41. The number of carboxylic acid groups (broad SMARTS) is 1. The van der Waals surface area contributed by atoms with Gasteiger partial charge in [-0.3, -0.25) is 4.79 Å². The Kier molecular flexibility index (Phi) is 5.03. The van der Waals surface area contributed by atoms with E-state index in [0.29, 0.717) is 0 Å². The van der Waals surface area contributed by atoms with Crippen molar-refractivity contribution in [3.8, 4) is 0 Å². The number of hydrogen-bond acceptors (Lipinski definition) is 4. The van der Waals surface area contributed by atoms with Gasteiger partial charge < -0.3 is 9.84 Å². The number of aliphatic carboxylic acids is 1. The Bertz CT molecular complexity index is 286. The quantitative estimate of drug-likeness (QED) is 0.630. The highest BCUT2D eigenvalue weighted by Crippen LogP contribution is 2.00. The van der Waals surface area contributed by atoms with Gasteiger partial charge in [0.05, 0.1) is 11.9 Å². The number of ether oxygens (including phenoxy) is 1. The molecule has 0 saturated carbocycles. The molecule has 2 unspecified atom stereocenters. The monoisotopic (exact) mass is 225 g/mol. The van der Waals surface area contributed by atoms with E-state index in [0.717, 1.165) is 0 Å². The van der Waals surface area contributed by atoms with Crippen LogP contribution in [0.3, 0.4) is 0 Å². The summed E-state index contributed by atoms with van der Waals surface area (Å²) in [6, 6.07) is -1.13. The second kappa shape index (κ2) is 5.28. The molecular formula is C7H15NO5S. The molecular weight excluding hydrogens is 210 g/mol. The molecule has 0 amide bonds. The summed E-state index contributed by atoms with van der Waals surface area (Å²) in [6.07, 6.45) is 0. The molecule has 0 bridgehead atoms. The summed E-state index contributed by atoms with van der Waals surface area (Å²) in [5.41, 5.74) is 0. The maximum atomic E-state index is 11.4. The van der Waals surface area contributed by atoms with Crippen molar-refractivity contribution in [3.05, 3.63) is 0 Å². The van der Waals surface area contributed by atoms with Crippen LogP contribution in [-0.4, -0.2) is 44.5 Å². The lowest BCUT2D eigenvalue weighted by Crippen LogP contribution is -2.43. The Labute approximate surface area is 83.3 Å². The van der Waals surface area contributed by atoms with Crippen molar-refractivity contribution in [2.75, 3.05) is 13.7 Å². The van der Waals surface area contributed by atoms with E-state index in [4.69, 9.17) is 5.11 Å². The first-order valence-electron chi connectivity index (χ1n) is 4.04. The Hall–Kier alpha value is -0.660. The van der Waals surface area contributed by atoms with Crippen molar-refractivity contribution in [2.24, 2.45) is 0 Å². The molecule has 0 radical (unpaired) electrons. The molecule has 0 aliphatic carbocycles. The first-order chi connectivity index (χ1) is 6.31. The topological polar surface area (TPSA) is 92.7 Å². The first kappa shape index (κ1) is 13.3. The van der Waals surface area contributed by atoms with Crippen molar-refractivity contribution in [3.63, 3.8) is 0 Å². The van der Waals surface area contributed by atoms with Crippen LogP contribution in [0.4, 0.5) is 0 Å². The molecule has 0 spiro atoms. The number of carboxylic acids is 1. The number of carbonyl (C=O) groups is 1. The molecule has 0 heterocycles. The van der Waals surface area contributed by atoms with Gasteiger partial charge in [0.15, 0.2) is 0 Å². The van der Waals surface area contributed by atoms with Crippen LogP contribution >= 0.6 is 0 Å². The summed E-state index contributed by atoms with van der Waals surface area (Å²) < 4.78 is 29.5. The second-order valence-corrected chi connectivity index (χ2v) is 5.12. The minimum Gasteiger partial charge on any atom is -0.480 e. The molecule has 2 N–H and O–H groups in total. The van der Waals surface area contributed by atoms with E-state index in [2.05, 4.69) is 4.74 Å². The third-order valence-electron chi connectivity index (χ3n) is 1.64. The third kappa shape index (κ3) is 4.03. The lowest BCUT2D eigenvalue weighted by Gasteiger charge is -2.15. The standard InChI is InChI=1S/C7H15NO5S/c1-5(4-13-3)14(11,12)8-6(2)7(9)10/h5-6,8H,4H2,1-3H3,(H,9,10). The maximum Gasteiger partial charge on any atom is 0.321 e. The van der Waals surface area contributed by atoms with Crippen LogP contribution in [-0.2, 0) is 19.6 Å². The zero-order valence-corrected chi connectivity index (χ0v) is 9.17. The largest absolute Gasteiger partial charge is 0.480 e.